The van der Waals surface area contributed by atoms with E-state index in [0.717, 1.165) is 88.3 Å². The van der Waals surface area contributed by atoms with Crippen LogP contribution in [0.3, 0.4) is 0 Å². The molecule has 0 aromatic heterocycles. The molecular formula is C48H51NO6S. The minimum absolute atomic E-state index is 0.0244. The molecule has 8 heteroatoms. The minimum Gasteiger partial charge on any atom is -0.460 e. The number of hydrogen-bond donors (Lipinski definition) is 2. The lowest BCUT2D eigenvalue weighted by Gasteiger charge is -2.58. The third-order valence-corrected chi connectivity index (χ3v) is 13.1. The first-order valence-electron chi connectivity index (χ1n) is 20.0. The number of allylic oxidation sites excluding steroid dienone is 1. The molecule has 2 N–H and O–H groups in total. The van der Waals surface area contributed by atoms with Crippen molar-refractivity contribution in [3.63, 3.8) is 0 Å². The van der Waals surface area contributed by atoms with E-state index in [0.29, 0.717) is 13.0 Å². The second-order valence-electron chi connectivity index (χ2n) is 15.2. The number of hydrogen-bond acceptors (Lipinski definition) is 8. The number of thioether (sulfide) groups is 1. The van der Waals surface area contributed by atoms with Crippen LogP contribution in [0.4, 0.5) is 0 Å². The van der Waals surface area contributed by atoms with Crippen LogP contribution in [0.25, 0.3) is 21.5 Å². The quantitative estimate of drug-likeness (QED) is 0.0587. The van der Waals surface area contributed by atoms with Gasteiger partial charge in [-0.1, -0.05) is 90.8 Å². The SMILES string of the molecule is C=CCOC12Oc3ccc(Oc4ccc5ccccc5c4)cc3C3C(CCCCO)C(CCCCO)C=C(C(=NOC)CC1Sc1ccc4ccccc4c1)C32. The molecule has 0 spiro atoms. The fourth-order valence-corrected chi connectivity index (χ4v) is 10.7. The lowest BCUT2D eigenvalue weighted by Crippen LogP contribution is -2.64. The lowest BCUT2D eigenvalue weighted by atomic mass is 9.56. The fourth-order valence-electron chi connectivity index (χ4n) is 9.37. The van der Waals surface area contributed by atoms with Gasteiger partial charge in [-0.25, -0.2) is 0 Å². The summed E-state index contributed by atoms with van der Waals surface area (Å²) in [6, 6.07) is 35.8. The summed E-state index contributed by atoms with van der Waals surface area (Å²) in [5.74, 6) is 1.40. The normalized spacial score (nSPS) is 24.6. The van der Waals surface area contributed by atoms with Crippen molar-refractivity contribution >= 4 is 39.0 Å². The topological polar surface area (TPSA) is 89.7 Å². The standard InChI is InChI=1S/C48H51NO6S/c1-3-26-53-48-45(56-39-22-19-33-13-5-7-15-35(33)28-39)31-43(49-52-2)41-29-36(16-8-10-24-50)40(17-9-11-25-51)46(47(41)48)42-30-38(21-23-44(42)55-48)54-37-20-18-32-12-4-6-14-34(32)27-37/h3-7,12-15,18-23,27-30,36,40,45-47,50-51H,1,8-11,16-17,24-26,31H2,2H3. The van der Waals surface area contributed by atoms with E-state index in [1.165, 1.54) is 10.8 Å². The maximum absolute atomic E-state index is 9.93. The average molecular weight is 770 g/mol. The molecule has 290 valence electrons. The Bertz CT molecular complexity index is 2230. The Hall–Kier alpha value is -4.60. The molecule has 0 saturated heterocycles. The van der Waals surface area contributed by atoms with Crippen LogP contribution in [-0.2, 0) is 9.57 Å². The Labute approximate surface area is 334 Å². The van der Waals surface area contributed by atoms with E-state index in [1.54, 1.807) is 18.9 Å². The van der Waals surface area contributed by atoms with Gasteiger partial charge in [0.25, 0.3) is 0 Å². The molecule has 8 rings (SSSR count). The second kappa shape index (κ2) is 17.3. The Kier molecular flexibility index (Phi) is 11.8. The molecule has 1 heterocycles. The molecule has 1 fully saturated rings. The van der Waals surface area contributed by atoms with E-state index in [-0.39, 0.29) is 42.1 Å². The summed E-state index contributed by atoms with van der Waals surface area (Å²) < 4.78 is 21.1. The Morgan fingerprint density at radius 3 is 2.23 bits per heavy atom. The minimum atomic E-state index is -1.06. The third kappa shape index (κ3) is 7.60. The number of aliphatic hydroxyl groups excluding tert-OH is 2. The molecule has 0 bridgehead atoms. The second-order valence-corrected chi connectivity index (χ2v) is 16.4. The van der Waals surface area contributed by atoms with Crippen LogP contribution in [0.15, 0.2) is 137 Å². The summed E-state index contributed by atoms with van der Waals surface area (Å²) in [4.78, 5) is 6.73. The molecule has 0 radical (unpaired) electrons. The Balaban J connectivity index is 1.28. The van der Waals surface area contributed by atoms with Crippen molar-refractivity contribution in [2.45, 2.75) is 66.8 Å². The maximum Gasteiger partial charge on any atom is 0.231 e. The maximum atomic E-state index is 9.93. The molecule has 56 heavy (non-hydrogen) atoms. The van der Waals surface area contributed by atoms with Crippen LogP contribution in [0.5, 0.6) is 17.2 Å². The van der Waals surface area contributed by atoms with Crippen LogP contribution < -0.4 is 9.47 Å². The van der Waals surface area contributed by atoms with Crippen LogP contribution in [0, 0.1) is 17.8 Å². The van der Waals surface area contributed by atoms with Gasteiger partial charge in [-0.2, -0.15) is 0 Å². The molecule has 2 aliphatic carbocycles. The Morgan fingerprint density at radius 1 is 0.821 bits per heavy atom. The highest BCUT2D eigenvalue weighted by molar-refractivity contribution is 8.00. The fraction of sp³-hybridized carbons (Fsp3) is 0.354. The average Bonchev–Trinajstić information content (AvgIpc) is 3.22. The van der Waals surface area contributed by atoms with Crippen LogP contribution in [-0.4, -0.2) is 53.9 Å². The highest BCUT2D eigenvalue weighted by atomic mass is 32.2. The highest BCUT2D eigenvalue weighted by Gasteiger charge is 2.64. The van der Waals surface area contributed by atoms with Crippen molar-refractivity contribution in [1.82, 2.24) is 0 Å². The van der Waals surface area contributed by atoms with Gasteiger partial charge < -0.3 is 29.3 Å². The predicted octanol–water partition coefficient (Wildman–Crippen LogP) is 10.8. The van der Waals surface area contributed by atoms with Crippen molar-refractivity contribution in [2.24, 2.45) is 22.9 Å². The van der Waals surface area contributed by atoms with Gasteiger partial charge in [-0.3, -0.25) is 0 Å². The summed E-state index contributed by atoms with van der Waals surface area (Å²) in [5.41, 5.74) is 3.11. The van der Waals surface area contributed by atoms with Gasteiger partial charge in [-0.05, 0) is 107 Å². The molecule has 3 aliphatic rings. The number of fused-ring (bicyclic) bond motifs is 4. The van der Waals surface area contributed by atoms with Gasteiger partial charge >= 0.3 is 0 Å². The first-order valence-corrected chi connectivity index (χ1v) is 20.9. The molecule has 6 atom stereocenters. The molecule has 6 unspecified atom stereocenters. The highest BCUT2D eigenvalue weighted by Crippen LogP contribution is 2.63. The van der Waals surface area contributed by atoms with E-state index in [1.807, 2.05) is 30.3 Å². The molecule has 1 saturated carbocycles. The van der Waals surface area contributed by atoms with Gasteiger partial charge in [0, 0.05) is 36.0 Å². The van der Waals surface area contributed by atoms with Crippen molar-refractivity contribution in [3.05, 3.63) is 133 Å². The van der Waals surface area contributed by atoms with Crippen molar-refractivity contribution in [2.75, 3.05) is 26.9 Å². The third-order valence-electron chi connectivity index (χ3n) is 11.8. The summed E-state index contributed by atoms with van der Waals surface area (Å²) in [6.45, 7) is 4.70. The number of nitrogens with zero attached hydrogens (tertiary/aromatic N) is 1. The number of oxime groups is 1. The van der Waals surface area contributed by atoms with Gasteiger partial charge in [-0.15, -0.1) is 18.3 Å². The van der Waals surface area contributed by atoms with E-state index in [4.69, 9.17) is 24.2 Å². The zero-order valence-corrected chi connectivity index (χ0v) is 32.8. The van der Waals surface area contributed by atoms with Crippen LogP contribution in [0.1, 0.15) is 56.4 Å². The first-order chi connectivity index (χ1) is 27.5. The van der Waals surface area contributed by atoms with E-state index in [2.05, 4.69) is 91.5 Å². The molecule has 0 amide bonds. The summed E-state index contributed by atoms with van der Waals surface area (Å²) in [6.07, 6.45) is 9.93. The van der Waals surface area contributed by atoms with Crippen molar-refractivity contribution in [1.29, 1.82) is 0 Å². The largest absolute Gasteiger partial charge is 0.460 e. The van der Waals surface area contributed by atoms with E-state index in [9.17, 15) is 10.2 Å². The van der Waals surface area contributed by atoms with Gasteiger partial charge in [0.15, 0.2) is 0 Å². The van der Waals surface area contributed by atoms with Gasteiger partial charge in [0.2, 0.25) is 5.79 Å². The summed E-state index contributed by atoms with van der Waals surface area (Å²) in [5, 5.41) is 28.9. The molecule has 5 aromatic rings. The lowest BCUT2D eigenvalue weighted by molar-refractivity contribution is -0.223. The first kappa shape index (κ1) is 38.3. The smallest absolute Gasteiger partial charge is 0.231 e. The predicted molar refractivity (Wildman–Crippen MR) is 226 cm³/mol. The number of unbranched alkanes of at least 4 members (excludes halogenated alkanes) is 2. The molecular weight excluding hydrogens is 719 g/mol. The van der Waals surface area contributed by atoms with Gasteiger partial charge in [0.05, 0.1) is 23.5 Å². The van der Waals surface area contributed by atoms with E-state index < -0.39 is 5.79 Å². The number of rotatable bonds is 16. The number of ether oxygens (including phenoxy) is 3. The van der Waals surface area contributed by atoms with Crippen LogP contribution >= 0.6 is 11.8 Å². The van der Waals surface area contributed by atoms with E-state index >= 15 is 0 Å². The van der Waals surface area contributed by atoms with Crippen molar-refractivity contribution < 1.29 is 29.3 Å². The zero-order chi connectivity index (χ0) is 38.5. The Morgan fingerprint density at radius 2 is 1.50 bits per heavy atom. The molecule has 1 aliphatic heterocycles. The summed E-state index contributed by atoms with van der Waals surface area (Å²) >= 11 is 1.77. The zero-order valence-electron chi connectivity index (χ0n) is 32.0. The monoisotopic (exact) mass is 769 g/mol. The van der Waals surface area contributed by atoms with Crippen LogP contribution in [0.2, 0.25) is 0 Å². The van der Waals surface area contributed by atoms with Gasteiger partial charge in [0.1, 0.15) is 24.4 Å². The van der Waals surface area contributed by atoms with Crippen molar-refractivity contribution in [3.8, 4) is 17.2 Å². The number of aliphatic hydroxyl groups is 2. The molecule has 5 aromatic carbocycles. The molecule has 7 nitrogen and oxygen atoms in total. The number of benzene rings is 5. The summed E-state index contributed by atoms with van der Waals surface area (Å²) in [7, 11) is 1.62.